The monoisotopic (exact) mass is 421 g/mol. The van der Waals surface area contributed by atoms with Crippen LogP contribution in [0.5, 0.6) is 11.5 Å². The van der Waals surface area contributed by atoms with E-state index >= 15 is 0 Å². The molecule has 2 aromatic rings. The molecule has 0 radical (unpaired) electrons. The van der Waals surface area contributed by atoms with Crippen molar-refractivity contribution in [3.63, 3.8) is 0 Å². The Labute approximate surface area is 179 Å². The number of carbonyl (C=O) groups excluding carboxylic acids is 3. The van der Waals surface area contributed by atoms with Crippen molar-refractivity contribution >= 4 is 23.4 Å². The molecule has 1 unspecified atom stereocenters. The number of nitrogens with zero attached hydrogens (tertiary/aromatic N) is 3. The van der Waals surface area contributed by atoms with Crippen LogP contribution < -0.4 is 14.4 Å². The molecule has 3 aliphatic rings. The fourth-order valence-corrected chi connectivity index (χ4v) is 4.60. The average molecular weight is 421 g/mol. The van der Waals surface area contributed by atoms with Crippen LogP contribution in [0.3, 0.4) is 0 Å². The van der Waals surface area contributed by atoms with Crippen molar-refractivity contribution in [2.75, 3.05) is 25.3 Å². The molecule has 31 heavy (non-hydrogen) atoms. The summed E-state index contributed by atoms with van der Waals surface area (Å²) in [4.78, 5) is 43.8. The molecule has 1 saturated heterocycles. The zero-order valence-electron chi connectivity index (χ0n) is 17.5. The highest BCUT2D eigenvalue weighted by Crippen LogP contribution is 2.44. The Morgan fingerprint density at radius 2 is 1.90 bits per heavy atom. The molecule has 0 spiro atoms. The van der Waals surface area contributed by atoms with Crippen molar-refractivity contribution in [2.45, 2.75) is 32.0 Å². The molecule has 8 nitrogen and oxygen atoms in total. The van der Waals surface area contributed by atoms with Gasteiger partial charge in [-0.15, -0.1) is 0 Å². The van der Waals surface area contributed by atoms with Gasteiger partial charge in [-0.2, -0.15) is 0 Å². The molecule has 0 aromatic heterocycles. The molecule has 0 N–H and O–H groups in total. The fraction of sp³-hybridized carbons (Fsp3) is 0.348. The number of anilines is 1. The Kier molecular flexibility index (Phi) is 4.39. The second-order valence-corrected chi connectivity index (χ2v) is 8.29. The Hall–Kier alpha value is -3.55. The van der Waals surface area contributed by atoms with Crippen LogP contribution in [0.4, 0.5) is 5.69 Å². The molecular formula is C23H23N3O5. The lowest BCUT2D eigenvalue weighted by Gasteiger charge is -2.48. The van der Waals surface area contributed by atoms with Gasteiger partial charge in [0.25, 0.3) is 5.91 Å². The van der Waals surface area contributed by atoms with Crippen LogP contribution in [0.1, 0.15) is 35.7 Å². The van der Waals surface area contributed by atoms with Gasteiger partial charge in [0.15, 0.2) is 11.5 Å². The number of fused-ring (bicyclic) bond motifs is 4. The Morgan fingerprint density at radius 1 is 1.13 bits per heavy atom. The first-order valence-corrected chi connectivity index (χ1v) is 10.2. The van der Waals surface area contributed by atoms with Gasteiger partial charge in [-0.3, -0.25) is 19.3 Å². The number of amides is 3. The number of likely N-dealkylation sites (N-methyl/N-ethyl adjacent to an activating group) is 1. The maximum Gasteiger partial charge on any atom is 0.258 e. The van der Waals surface area contributed by atoms with E-state index in [1.165, 1.54) is 0 Å². The van der Waals surface area contributed by atoms with E-state index in [1.807, 2.05) is 31.2 Å². The van der Waals surface area contributed by atoms with E-state index in [-0.39, 0.29) is 31.1 Å². The number of ether oxygens (including phenoxy) is 2. The molecule has 160 valence electrons. The lowest BCUT2D eigenvalue weighted by molar-refractivity contribution is -0.132. The van der Waals surface area contributed by atoms with Crippen LogP contribution in [0.2, 0.25) is 0 Å². The summed E-state index contributed by atoms with van der Waals surface area (Å²) in [6, 6.07) is 12.6. The molecule has 0 saturated carbocycles. The molecule has 5 rings (SSSR count). The van der Waals surface area contributed by atoms with Crippen LogP contribution >= 0.6 is 0 Å². The second-order valence-electron chi connectivity index (χ2n) is 8.29. The summed E-state index contributed by atoms with van der Waals surface area (Å²) in [5.74, 6) is 0.886. The predicted octanol–water partition coefficient (Wildman–Crippen LogP) is 2.37. The zero-order valence-corrected chi connectivity index (χ0v) is 17.5. The Balaban J connectivity index is 1.38. The van der Waals surface area contributed by atoms with Crippen LogP contribution in [0, 0.1) is 0 Å². The van der Waals surface area contributed by atoms with Gasteiger partial charge in [0.05, 0.1) is 11.3 Å². The van der Waals surface area contributed by atoms with Gasteiger partial charge in [-0.25, -0.2) is 0 Å². The Bertz CT molecular complexity index is 1100. The Morgan fingerprint density at radius 3 is 2.74 bits per heavy atom. The highest BCUT2D eigenvalue weighted by molar-refractivity contribution is 6.11. The molecule has 1 atom stereocenters. The van der Waals surface area contributed by atoms with E-state index in [0.717, 1.165) is 5.56 Å². The minimum Gasteiger partial charge on any atom is -0.454 e. The van der Waals surface area contributed by atoms with E-state index in [2.05, 4.69) is 0 Å². The quantitative estimate of drug-likeness (QED) is 0.757. The number of benzene rings is 2. The van der Waals surface area contributed by atoms with Crippen molar-refractivity contribution in [2.24, 2.45) is 0 Å². The zero-order chi connectivity index (χ0) is 21.8. The van der Waals surface area contributed by atoms with Gasteiger partial charge >= 0.3 is 0 Å². The molecule has 0 aliphatic carbocycles. The lowest BCUT2D eigenvalue weighted by atomic mass is 9.98. The summed E-state index contributed by atoms with van der Waals surface area (Å²) >= 11 is 0. The fourth-order valence-electron chi connectivity index (χ4n) is 4.60. The van der Waals surface area contributed by atoms with Crippen LogP contribution in [-0.4, -0.2) is 53.6 Å². The van der Waals surface area contributed by atoms with Gasteiger partial charge < -0.3 is 19.3 Å². The van der Waals surface area contributed by atoms with E-state index in [9.17, 15) is 14.4 Å². The third kappa shape index (κ3) is 3.01. The third-order valence-corrected chi connectivity index (χ3v) is 6.32. The van der Waals surface area contributed by atoms with Crippen molar-refractivity contribution < 1.29 is 23.9 Å². The number of para-hydroxylation sites is 1. The molecule has 1 fully saturated rings. The SMILES string of the molecule is CN(Cc1ccc2c(c1)OCO2)C(=O)CN1C(=O)c2ccccc2N2C(=O)CCC12C. The van der Waals surface area contributed by atoms with Crippen molar-refractivity contribution in [3.8, 4) is 11.5 Å². The average Bonchev–Trinajstić information content (AvgIpc) is 3.35. The summed E-state index contributed by atoms with van der Waals surface area (Å²) in [5, 5.41) is 0. The molecule has 2 aromatic carbocycles. The summed E-state index contributed by atoms with van der Waals surface area (Å²) in [6.45, 7) is 2.32. The van der Waals surface area contributed by atoms with Gasteiger partial charge in [-0.05, 0) is 43.2 Å². The second kappa shape index (κ2) is 7.01. The normalized spacial score (nSPS) is 21.2. The number of hydrogen-bond acceptors (Lipinski definition) is 5. The van der Waals surface area contributed by atoms with Gasteiger partial charge in [0.2, 0.25) is 18.6 Å². The van der Waals surface area contributed by atoms with Crippen LogP contribution in [0.15, 0.2) is 42.5 Å². The highest BCUT2D eigenvalue weighted by atomic mass is 16.7. The van der Waals surface area contributed by atoms with E-state index in [0.29, 0.717) is 42.1 Å². The standard InChI is InChI=1S/C23H23N3O5/c1-23-10-9-20(27)26(23)17-6-4-3-5-16(17)22(29)25(23)13-21(28)24(2)12-15-7-8-18-19(11-15)31-14-30-18/h3-8,11H,9-10,12-14H2,1-2H3. The molecule has 3 amide bonds. The third-order valence-electron chi connectivity index (χ3n) is 6.32. The minimum absolute atomic E-state index is 0.0337. The number of hydrogen-bond donors (Lipinski definition) is 0. The van der Waals surface area contributed by atoms with Gasteiger partial charge in [0, 0.05) is 20.0 Å². The molecule has 8 heteroatoms. The number of rotatable bonds is 4. The van der Waals surface area contributed by atoms with Gasteiger partial charge in [0.1, 0.15) is 12.2 Å². The molecule has 3 aliphatic heterocycles. The minimum atomic E-state index is -0.849. The van der Waals surface area contributed by atoms with Crippen LogP contribution in [0.25, 0.3) is 0 Å². The molecule has 0 bridgehead atoms. The van der Waals surface area contributed by atoms with Crippen LogP contribution in [-0.2, 0) is 16.1 Å². The number of carbonyl (C=O) groups is 3. The van der Waals surface area contributed by atoms with Gasteiger partial charge in [-0.1, -0.05) is 18.2 Å². The first kappa shape index (κ1) is 19.4. The van der Waals surface area contributed by atoms with Crippen molar-refractivity contribution in [3.05, 3.63) is 53.6 Å². The first-order valence-electron chi connectivity index (χ1n) is 10.2. The predicted molar refractivity (Wildman–Crippen MR) is 112 cm³/mol. The van der Waals surface area contributed by atoms with Crippen molar-refractivity contribution in [1.82, 2.24) is 9.80 Å². The smallest absolute Gasteiger partial charge is 0.258 e. The lowest BCUT2D eigenvalue weighted by Crippen LogP contribution is -2.63. The summed E-state index contributed by atoms with van der Waals surface area (Å²) in [6.07, 6.45) is 0.834. The molecular weight excluding hydrogens is 398 g/mol. The maximum absolute atomic E-state index is 13.3. The van der Waals surface area contributed by atoms with E-state index in [1.54, 1.807) is 39.9 Å². The largest absolute Gasteiger partial charge is 0.454 e. The maximum atomic E-state index is 13.3. The highest BCUT2D eigenvalue weighted by Gasteiger charge is 2.53. The topological polar surface area (TPSA) is 79.4 Å². The molecule has 3 heterocycles. The summed E-state index contributed by atoms with van der Waals surface area (Å²) in [7, 11) is 1.70. The first-order chi connectivity index (χ1) is 14.9. The van der Waals surface area contributed by atoms with Crippen molar-refractivity contribution in [1.29, 1.82) is 0 Å². The van der Waals surface area contributed by atoms with E-state index in [4.69, 9.17) is 9.47 Å². The van der Waals surface area contributed by atoms with E-state index < -0.39 is 5.66 Å². The summed E-state index contributed by atoms with van der Waals surface area (Å²) < 4.78 is 10.7. The summed E-state index contributed by atoms with van der Waals surface area (Å²) in [5.41, 5.74) is 1.12.